The van der Waals surface area contributed by atoms with E-state index in [4.69, 9.17) is 5.73 Å². The molecule has 1 fully saturated rings. The third-order valence-electron chi connectivity index (χ3n) is 2.96. The van der Waals surface area contributed by atoms with Crippen molar-refractivity contribution in [3.8, 4) is 0 Å². The van der Waals surface area contributed by atoms with Gasteiger partial charge in [0.1, 0.15) is 11.5 Å². The van der Waals surface area contributed by atoms with E-state index in [1.165, 1.54) is 0 Å². The van der Waals surface area contributed by atoms with Gasteiger partial charge in [0.15, 0.2) is 0 Å². The summed E-state index contributed by atoms with van der Waals surface area (Å²) in [5, 5.41) is 0. The Balaban J connectivity index is 2.08. The highest BCUT2D eigenvalue weighted by atomic mass is 19.1. The van der Waals surface area contributed by atoms with Gasteiger partial charge in [-0.15, -0.1) is 0 Å². The van der Waals surface area contributed by atoms with Gasteiger partial charge in [-0.2, -0.15) is 0 Å². The second-order valence-electron chi connectivity index (χ2n) is 4.35. The first-order valence-corrected chi connectivity index (χ1v) is 5.30. The Morgan fingerprint density at radius 2 is 2.07 bits per heavy atom. The minimum Gasteiger partial charge on any atom is -0.330 e. The molecule has 1 saturated carbocycles. The molecule has 1 heterocycles. The molecule has 0 bridgehead atoms. The van der Waals surface area contributed by atoms with Gasteiger partial charge < -0.3 is 5.73 Å². The molecular weight excluding hydrogens is 193 g/mol. The molecule has 1 aromatic rings. The smallest absolute Gasteiger partial charge is 0.125 e. The largest absolute Gasteiger partial charge is 0.330 e. The van der Waals surface area contributed by atoms with Crippen LogP contribution in [0.1, 0.15) is 36.6 Å². The van der Waals surface area contributed by atoms with Crippen molar-refractivity contribution in [1.29, 1.82) is 0 Å². The average Bonchev–Trinajstić information content (AvgIpc) is 2.95. The predicted octanol–water partition coefficient (Wildman–Crippen LogP) is 1.72. The van der Waals surface area contributed by atoms with Gasteiger partial charge in [-0.25, -0.2) is 14.4 Å². The quantitative estimate of drug-likeness (QED) is 0.821. The molecule has 2 rings (SSSR count). The number of halogens is 1. The Morgan fingerprint density at radius 3 is 2.53 bits per heavy atom. The van der Waals surface area contributed by atoms with E-state index < -0.39 is 5.67 Å². The van der Waals surface area contributed by atoms with Crippen molar-refractivity contribution in [2.45, 2.75) is 37.8 Å². The first kappa shape index (κ1) is 10.5. The monoisotopic (exact) mass is 209 g/mol. The van der Waals surface area contributed by atoms with Crippen molar-refractivity contribution >= 4 is 0 Å². The lowest BCUT2D eigenvalue weighted by atomic mass is 9.95. The lowest BCUT2D eigenvalue weighted by molar-refractivity contribution is 0.271. The molecule has 1 unspecified atom stereocenters. The van der Waals surface area contributed by atoms with E-state index in [0.717, 1.165) is 11.4 Å². The highest BCUT2D eigenvalue weighted by Crippen LogP contribution is 2.46. The highest BCUT2D eigenvalue weighted by Gasteiger charge is 2.44. The third-order valence-corrected chi connectivity index (χ3v) is 2.96. The molecule has 0 saturated heterocycles. The molecule has 15 heavy (non-hydrogen) atoms. The Kier molecular flexibility index (Phi) is 2.69. The molecule has 0 aliphatic heterocycles. The maximum absolute atomic E-state index is 13.6. The number of rotatable bonds is 4. The van der Waals surface area contributed by atoms with Crippen LogP contribution in [0.2, 0.25) is 0 Å². The zero-order valence-electron chi connectivity index (χ0n) is 8.91. The van der Waals surface area contributed by atoms with Gasteiger partial charge in [-0.05, 0) is 38.3 Å². The van der Waals surface area contributed by atoms with E-state index >= 15 is 0 Å². The first-order chi connectivity index (χ1) is 7.13. The fraction of sp³-hybridized carbons (Fsp3) is 0.636. The van der Waals surface area contributed by atoms with E-state index in [1.54, 1.807) is 12.4 Å². The molecule has 1 aliphatic carbocycles. The van der Waals surface area contributed by atoms with Crippen LogP contribution < -0.4 is 5.73 Å². The van der Waals surface area contributed by atoms with Gasteiger partial charge >= 0.3 is 0 Å². The number of alkyl halides is 1. The topological polar surface area (TPSA) is 51.8 Å². The van der Waals surface area contributed by atoms with Crippen LogP contribution in [0.3, 0.4) is 0 Å². The molecule has 1 atom stereocenters. The van der Waals surface area contributed by atoms with Crippen LogP contribution in [-0.4, -0.2) is 22.2 Å². The van der Waals surface area contributed by atoms with E-state index in [9.17, 15) is 4.39 Å². The maximum atomic E-state index is 13.6. The summed E-state index contributed by atoms with van der Waals surface area (Å²) >= 11 is 0. The van der Waals surface area contributed by atoms with Crippen LogP contribution in [0.5, 0.6) is 0 Å². The zero-order chi connectivity index (χ0) is 10.9. The van der Waals surface area contributed by atoms with E-state index in [0.29, 0.717) is 25.8 Å². The molecular formula is C11H16FN3. The van der Waals surface area contributed by atoms with Crippen LogP contribution in [-0.2, 0) is 0 Å². The van der Waals surface area contributed by atoms with E-state index in [2.05, 4.69) is 9.97 Å². The summed E-state index contributed by atoms with van der Waals surface area (Å²) in [4.78, 5) is 8.22. The standard InChI is InChI=1S/C11H16FN3/c1-8-14-6-10(7-15-8)9(5-13)4-11(12)2-3-11/h6-7,9H,2-5,13H2,1H3. The van der Waals surface area contributed by atoms with Crippen LogP contribution in [0.4, 0.5) is 4.39 Å². The number of nitrogens with two attached hydrogens (primary N) is 1. The minimum atomic E-state index is -0.963. The molecule has 3 nitrogen and oxygen atoms in total. The summed E-state index contributed by atoms with van der Waals surface area (Å²) in [6.07, 6.45) is 5.37. The van der Waals surface area contributed by atoms with Gasteiger partial charge in [0.2, 0.25) is 0 Å². The SMILES string of the molecule is Cc1ncc(C(CN)CC2(F)CC2)cn1. The molecule has 0 amide bonds. The fourth-order valence-electron chi connectivity index (χ4n) is 1.73. The number of nitrogens with zero attached hydrogens (tertiary/aromatic N) is 2. The molecule has 4 heteroatoms. The maximum Gasteiger partial charge on any atom is 0.125 e. The second kappa shape index (κ2) is 3.85. The summed E-state index contributed by atoms with van der Waals surface area (Å²) < 4.78 is 13.6. The molecule has 0 aromatic carbocycles. The van der Waals surface area contributed by atoms with Gasteiger partial charge in [-0.3, -0.25) is 0 Å². The molecule has 82 valence electrons. The van der Waals surface area contributed by atoms with Crippen molar-refractivity contribution < 1.29 is 4.39 Å². The highest BCUT2D eigenvalue weighted by molar-refractivity contribution is 5.15. The summed E-state index contributed by atoms with van der Waals surface area (Å²) in [5.74, 6) is 0.786. The van der Waals surface area contributed by atoms with Crippen LogP contribution in [0.15, 0.2) is 12.4 Å². The lowest BCUT2D eigenvalue weighted by Gasteiger charge is -2.16. The average molecular weight is 209 g/mol. The molecule has 2 N–H and O–H groups in total. The normalized spacial score (nSPS) is 19.9. The molecule has 1 aromatic heterocycles. The van der Waals surface area contributed by atoms with Crippen molar-refractivity contribution in [3.63, 3.8) is 0 Å². The lowest BCUT2D eigenvalue weighted by Crippen LogP contribution is -2.18. The van der Waals surface area contributed by atoms with E-state index in [1.807, 2.05) is 6.92 Å². The van der Waals surface area contributed by atoms with Crippen LogP contribution >= 0.6 is 0 Å². The van der Waals surface area contributed by atoms with Gasteiger partial charge in [0.05, 0.1) is 0 Å². The molecule has 0 radical (unpaired) electrons. The Bertz CT molecular complexity index is 332. The number of aryl methyl sites for hydroxylation is 1. The zero-order valence-corrected chi connectivity index (χ0v) is 8.91. The minimum absolute atomic E-state index is 0.0538. The Labute approximate surface area is 88.9 Å². The fourth-order valence-corrected chi connectivity index (χ4v) is 1.73. The second-order valence-corrected chi connectivity index (χ2v) is 4.35. The summed E-state index contributed by atoms with van der Waals surface area (Å²) in [5.41, 5.74) is 5.64. The molecule has 1 aliphatic rings. The van der Waals surface area contributed by atoms with Crippen molar-refractivity contribution in [2.24, 2.45) is 5.73 Å². The Morgan fingerprint density at radius 1 is 1.47 bits per heavy atom. The Hall–Kier alpha value is -1.03. The summed E-state index contributed by atoms with van der Waals surface area (Å²) in [7, 11) is 0. The number of hydrogen-bond donors (Lipinski definition) is 1. The number of aromatic nitrogens is 2. The van der Waals surface area contributed by atoms with Gasteiger partial charge in [0.25, 0.3) is 0 Å². The van der Waals surface area contributed by atoms with Gasteiger partial charge in [0, 0.05) is 18.3 Å². The van der Waals surface area contributed by atoms with E-state index in [-0.39, 0.29) is 5.92 Å². The molecule has 0 spiro atoms. The van der Waals surface area contributed by atoms with Crippen molar-refractivity contribution in [2.75, 3.05) is 6.54 Å². The summed E-state index contributed by atoms with van der Waals surface area (Å²) in [6, 6.07) is 0. The summed E-state index contributed by atoms with van der Waals surface area (Å²) in [6.45, 7) is 2.29. The van der Waals surface area contributed by atoms with Crippen LogP contribution in [0.25, 0.3) is 0 Å². The third kappa shape index (κ3) is 2.50. The predicted molar refractivity (Wildman–Crippen MR) is 56.3 cm³/mol. The van der Waals surface area contributed by atoms with Crippen LogP contribution in [0, 0.1) is 6.92 Å². The first-order valence-electron chi connectivity index (χ1n) is 5.30. The van der Waals surface area contributed by atoms with Crippen molar-refractivity contribution in [3.05, 3.63) is 23.8 Å². The van der Waals surface area contributed by atoms with Gasteiger partial charge in [-0.1, -0.05) is 0 Å². The van der Waals surface area contributed by atoms with Crippen molar-refractivity contribution in [1.82, 2.24) is 9.97 Å². The number of hydrogen-bond acceptors (Lipinski definition) is 3.